The van der Waals surface area contributed by atoms with E-state index >= 15 is 0 Å². The summed E-state index contributed by atoms with van der Waals surface area (Å²) < 4.78 is 13.9. The van der Waals surface area contributed by atoms with E-state index in [4.69, 9.17) is 0 Å². The molecule has 0 saturated carbocycles. The van der Waals surface area contributed by atoms with Gasteiger partial charge in [0.15, 0.2) is 11.5 Å². The minimum Gasteiger partial charge on any atom is -0.365 e. The molecule has 0 fully saturated rings. The molecule has 2 heterocycles. The van der Waals surface area contributed by atoms with Gasteiger partial charge in [0, 0.05) is 17.9 Å². The lowest BCUT2D eigenvalue weighted by Crippen LogP contribution is -2.30. The van der Waals surface area contributed by atoms with Crippen LogP contribution in [0.4, 0.5) is 10.2 Å². The number of anilines is 1. The second kappa shape index (κ2) is 6.47. The maximum atomic E-state index is 13.9. The van der Waals surface area contributed by atoms with Crippen LogP contribution < -0.4 is 5.32 Å². The first-order valence-corrected chi connectivity index (χ1v) is 8.23. The summed E-state index contributed by atoms with van der Waals surface area (Å²) in [6.45, 7) is 2.08. The van der Waals surface area contributed by atoms with Gasteiger partial charge in [-0.3, -0.25) is 0 Å². The van der Waals surface area contributed by atoms with Crippen molar-refractivity contribution in [2.45, 2.75) is 18.9 Å². The number of imidazole rings is 1. The quantitative estimate of drug-likeness (QED) is 0.757. The van der Waals surface area contributed by atoms with Gasteiger partial charge in [0.1, 0.15) is 17.7 Å². The number of hydrogen-bond acceptors (Lipinski definition) is 4. The number of nitrogens with zero attached hydrogens (tertiary/aromatic N) is 3. The van der Waals surface area contributed by atoms with Crippen molar-refractivity contribution in [1.82, 2.24) is 19.9 Å². The molecule has 0 spiro atoms. The molecule has 1 aliphatic carbocycles. The Morgan fingerprint density at radius 2 is 2.00 bits per heavy atom. The van der Waals surface area contributed by atoms with Crippen LogP contribution in [0, 0.1) is 5.92 Å². The second-order valence-corrected chi connectivity index (χ2v) is 6.18. The molecule has 2 N–H and O–H groups in total. The Balaban J connectivity index is 1.63. The van der Waals surface area contributed by atoms with Gasteiger partial charge in [-0.05, 0) is 24.6 Å². The minimum atomic E-state index is -0.199. The number of nitrogens with one attached hydrogen (secondary N) is 2. The van der Waals surface area contributed by atoms with Crippen LogP contribution in [0.25, 0.3) is 11.2 Å². The molecule has 0 bridgehead atoms. The van der Waals surface area contributed by atoms with E-state index in [9.17, 15) is 4.39 Å². The molecule has 0 radical (unpaired) electrons. The summed E-state index contributed by atoms with van der Waals surface area (Å²) in [6, 6.07) is 10.0. The van der Waals surface area contributed by atoms with Crippen molar-refractivity contribution in [3.8, 4) is 0 Å². The highest BCUT2D eigenvalue weighted by atomic mass is 19.1. The fourth-order valence-electron chi connectivity index (χ4n) is 3.32. The highest BCUT2D eigenvalue weighted by Gasteiger charge is 2.28. The predicted octanol–water partition coefficient (Wildman–Crippen LogP) is 3.98. The summed E-state index contributed by atoms with van der Waals surface area (Å²) >= 11 is 0. The summed E-state index contributed by atoms with van der Waals surface area (Å²) in [5.74, 6) is 0.558. The lowest BCUT2D eigenvalue weighted by atomic mass is 9.79. The average Bonchev–Trinajstić information content (AvgIpc) is 3.12. The van der Waals surface area contributed by atoms with Gasteiger partial charge in [0.05, 0.1) is 6.33 Å². The number of H-pyrrole nitrogens is 1. The molecule has 2 aromatic heterocycles. The Labute approximate surface area is 144 Å². The first-order valence-electron chi connectivity index (χ1n) is 8.23. The Morgan fingerprint density at radius 3 is 2.84 bits per heavy atom. The van der Waals surface area contributed by atoms with Crippen LogP contribution in [0.2, 0.25) is 0 Å². The average molecular weight is 335 g/mol. The van der Waals surface area contributed by atoms with Gasteiger partial charge in [-0.25, -0.2) is 19.3 Å². The molecular weight excluding hydrogens is 317 g/mol. The number of aromatic nitrogens is 4. The van der Waals surface area contributed by atoms with E-state index in [0.29, 0.717) is 11.5 Å². The van der Waals surface area contributed by atoms with Crippen LogP contribution >= 0.6 is 0 Å². The van der Waals surface area contributed by atoms with Gasteiger partial charge in [0.25, 0.3) is 0 Å². The molecule has 0 saturated heterocycles. The van der Waals surface area contributed by atoms with Gasteiger partial charge in [-0.15, -0.1) is 0 Å². The summed E-state index contributed by atoms with van der Waals surface area (Å²) in [4.78, 5) is 15.7. The van der Waals surface area contributed by atoms with Crippen molar-refractivity contribution in [1.29, 1.82) is 0 Å². The molecule has 6 heteroatoms. The topological polar surface area (TPSA) is 66.5 Å². The number of rotatable bonds is 4. The zero-order valence-electron chi connectivity index (χ0n) is 13.7. The van der Waals surface area contributed by atoms with E-state index in [1.807, 2.05) is 36.4 Å². The lowest BCUT2D eigenvalue weighted by Gasteiger charge is -2.31. The van der Waals surface area contributed by atoms with Crippen LogP contribution in [-0.2, 0) is 0 Å². The van der Waals surface area contributed by atoms with Crippen molar-refractivity contribution in [2.75, 3.05) is 5.32 Å². The Kier molecular flexibility index (Phi) is 4.01. The van der Waals surface area contributed by atoms with Gasteiger partial charge in [-0.1, -0.05) is 36.4 Å². The highest BCUT2D eigenvalue weighted by molar-refractivity contribution is 5.82. The van der Waals surface area contributed by atoms with E-state index in [-0.39, 0.29) is 23.7 Å². The first-order chi connectivity index (χ1) is 12.2. The predicted molar refractivity (Wildman–Crippen MR) is 95.8 cm³/mol. The summed E-state index contributed by atoms with van der Waals surface area (Å²) in [7, 11) is 0. The molecule has 126 valence electrons. The molecule has 2 unspecified atom stereocenters. The molecule has 1 aliphatic rings. The third-order valence-electron chi connectivity index (χ3n) is 4.58. The minimum absolute atomic E-state index is 0.0344. The second-order valence-electron chi connectivity index (χ2n) is 6.18. The van der Waals surface area contributed by atoms with Gasteiger partial charge < -0.3 is 10.3 Å². The summed E-state index contributed by atoms with van der Waals surface area (Å²) in [5.41, 5.74) is 2.48. The third-order valence-corrected chi connectivity index (χ3v) is 4.58. The van der Waals surface area contributed by atoms with Gasteiger partial charge in [0.2, 0.25) is 0 Å². The van der Waals surface area contributed by atoms with Crippen molar-refractivity contribution < 1.29 is 4.39 Å². The number of hydrogen-bond donors (Lipinski definition) is 2. The van der Waals surface area contributed by atoms with E-state index in [0.717, 1.165) is 11.1 Å². The number of fused-ring (bicyclic) bond motifs is 1. The van der Waals surface area contributed by atoms with E-state index in [2.05, 4.69) is 32.2 Å². The molecule has 0 amide bonds. The third kappa shape index (κ3) is 3.03. The highest BCUT2D eigenvalue weighted by Crippen LogP contribution is 2.35. The van der Waals surface area contributed by atoms with Crippen LogP contribution in [0.3, 0.4) is 0 Å². The molecule has 3 atom stereocenters. The smallest absolute Gasteiger partial charge is 0.182 e. The molecular formula is C19H18FN5. The standard InChI is InChI=1S/C19H18FN5/c1-12(25-19-17-18(22-10-21-17)23-11-24-19)15-8-7-14(20)9-16(15)13-5-3-2-4-6-13/h2-12,15-16H,1H3,(H2,21,22,23,24,25)/t12-,15?,16?/m0/s1. The van der Waals surface area contributed by atoms with E-state index in [1.165, 1.54) is 12.4 Å². The van der Waals surface area contributed by atoms with E-state index < -0.39 is 0 Å². The molecule has 5 nitrogen and oxygen atoms in total. The Morgan fingerprint density at radius 1 is 1.16 bits per heavy atom. The number of benzene rings is 1. The van der Waals surface area contributed by atoms with E-state index in [1.54, 1.807) is 12.4 Å². The van der Waals surface area contributed by atoms with Gasteiger partial charge >= 0.3 is 0 Å². The SMILES string of the molecule is C[C@H](Nc1ncnc2nc[nH]c12)C1C=CC(F)=CC1c1ccccc1. The van der Waals surface area contributed by atoms with Crippen LogP contribution in [0.1, 0.15) is 18.4 Å². The molecule has 25 heavy (non-hydrogen) atoms. The normalized spacial score (nSPS) is 21.1. The number of allylic oxidation sites excluding steroid dienone is 3. The molecule has 4 rings (SSSR count). The molecule has 1 aromatic carbocycles. The zero-order chi connectivity index (χ0) is 17.2. The maximum absolute atomic E-state index is 13.9. The van der Waals surface area contributed by atoms with Crippen LogP contribution in [-0.4, -0.2) is 26.0 Å². The summed E-state index contributed by atoms with van der Waals surface area (Å²) in [5, 5.41) is 3.43. The van der Waals surface area contributed by atoms with Crippen molar-refractivity contribution in [3.63, 3.8) is 0 Å². The molecule has 0 aliphatic heterocycles. The van der Waals surface area contributed by atoms with Crippen LogP contribution in [0.15, 0.2) is 67.0 Å². The Hall–Kier alpha value is -3.02. The van der Waals surface area contributed by atoms with Crippen molar-refractivity contribution in [2.24, 2.45) is 5.92 Å². The first kappa shape index (κ1) is 15.5. The monoisotopic (exact) mass is 335 g/mol. The number of halogens is 1. The molecule has 3 aromatic rings. The lowest BCUT2D eigenvalue weighted by molar-refractivity contribution is 0.492. The number of aromatic amines is 1. The summed E-state index contributed by atoms with van der Waals surface area (Å²) in [6.07, 6.45) is 8.23. The maximum Gasteiger partial charge on any atom is 0.182 e. The van der Waals surface area contributed by atoms with Gasteiger partial charge in [-0.2, -0.15) is 0 Å². The fraction of sp³-hybridized carbons (Fsp3) is 0.211. The van der Waals surface area contributed by atoms with Crippen molar-refractivity contribution in [3.05, 3.63) is 72.6 Å². The van der Waals surface area contributed by atoms with Crippen molar-refractivity contribution >= 4 is 17.0 Å². The van der Waals surface area contributed by atoms with Crippen LogP contribution in [0.5, 0.6) is 0 Å². The Bertz CT molecular complexity index is 931. The largest absolute Gasteiger partial charge is 0.365 e. The zero-order valence-corrected chi connectivity index (χ0v) is 13.7. The fourth-order valence-corrected chi connectivity index (χ4v) is 3.32.